The Balaban J connectivity index is 1.50. The normalized spacial score (nSPS) is 17.7. The molecule has 11 heteroatoms. The standard InChI is InChI=1S/C21H30N6O3S2/c1-14-7-10-17(32(29,30)25(3)4)13-18(14)22-19(28)15(2)31-21-24-23-20(26-11-5-6-12-26)27(21)16-8-9-16/h7,10,13,15-16H,5-6,8-9,11-12H2,1-4H3,(H,22,28). The Labute approximate surface area is 193 Å². The molecule has 2 fully saturated rings. The first-order chi connectivity index (χ1) is 15.2. The van der Waals surface area contributed by atoms with Crippen LogP contribution in [-0.2, 0) is 14.8 Å². The van der Waals surface area contributed by atoms with Crippen LogP contribution < -0.4 is 10.2 Å². The molecule has 1 aliphatic heterocycles. The molecular formula is C21H30N6O3S2. The first-order valence-corrected chi connectivity index (χ1v) is 13.2. The Morgan fingerprint density at radius 2 is 1.91 bits per heavy atom. The number of nitrogens with one attached hydrogen (secondary N) is 1. The van der Waals surface area contributed by atoms with Gasteiger partial charge in [-0.2, -0.15) is 0 Å². The summed E-state index contributed by atoms with van der Waals surface area (Å²) in [6.07, 6.45) is 4.56. The average Bonchev–Trinajstić information content (AvgIpc) is 3.27. The van der Waals surface area contributed by atoms with Crippen molar-refractivity contribution in [1.29, 1.82) is 0 Å². The number of aromatic nitrogens is 3. The van der Waals surface area contributed by atoms with Gasteiger partial charge in [0.15, 0.2) is 5.16 Å². The molecular weight excluding hydrogens is 448 g/mol. The monoisotopic (exact) mass is 478 g/mol. The van der Waals surface area contributed by atoms with Gasteiger partial charge in [0.25, 0.3) is 0 Å². The molecule has 1 aromatic carbocycles. The van der Waals surface area contributed by atoms with Crippen molar-refractivity contribution in [3.8, 4) is 0 Å². The van der Waals surface area contributed by atoms with Crippen molar-refractivity contribution in [2.24, 2.45) is 0 Å². The van der Waals surface area contributed by atoms with E-state index in [9.17, 15) is 13.2 Å². The van der Waals surface area contributed by atoms with E-state index in [2.05, 4.69) is 25.0 Å². The van der Waals surface area contributed by atoms with Gasteiger partial charge in [-0.1, -0.05) is 17.8 Å². The number of sulfonamides is 1. The van der Waals surface area contributed by atoms with E-state index in [-0.39, 0.29) is 10.8 Å². The van der Waals surface area contributed by atoms with Crippen LogP contribution in [0.4, 0.5) is 11.6 Å². The van der Waals surface area contributed by atoms with Crippen LogP contribution in [0.2, 0.25) is 0 Å². The molecule has 9 nitrogen and oxygen atoms in total. The summed E-state index contributed by atoms with van der Waals surface area (Å²) in [6.45, 7) is 5.66. The summed E-state index contributed by atoms with van der Waals surface area (Å²) in [5.74, 6) is 0.711. The second kappa shape index (κ2) is 9.03. The molecule has 2 heterocycles. The molecule has 1 aromatic heterocycles. The van der Waals surface area contributed by atoms with Gasteiger partial charge in [0.2, 0.25) is 21.9 Å². The highest BCUT2D eigenvalue weighted by Crippen LogP contribution is 2.42. The number of carbonyl (C=O) groups is 1. The molecule has 2 aliphatic rings. The Morgan fingerprint density at radius 1 is 1.22 bits per heavy atom. The number of nitrogens with zero attached hydrogens (tertiary/aromatic N) is 5. The number of thioether (sulfide) groups is 1. The first-order valence-electron chi connectivity index (χ1n) is 10.9. The minimum atomic E-state index is -3.58. The van der Waals surface area contributed by atoms with E-state index in [1.54, 1.807) is 12.1 Å². The van der Waals surface area contributed by atoms with Crippen LogP contribution in [-0.4, -0.2) is 65.8 Å². The highest BCUT2D eigenvalue weighted by Gasteiger charge is 2.33. The zero-order valence-electron chi connectivity index (χ0n) is 18.9. The lowest BCUT2D eigenvalue weighted by Gasteiger charge is -2.19. The molecule has 1 N–H and O–H groups in total. The van der Waals surface area contributed by atoms with Crippen molar-refractivity contribution in [3.05, 3.63) is 23.8 Å². The molecule has 174 valence electrons. The average molecular weight is 479 g/mol. The maximum absolute atomic E-state index is 13.0. The second-order valence-electron chi connectivity index (χ2n) is 8.59. The van der Waals surface area contributed by atoms with E-state index in [1.165, 1.54) is 44.8 Å². The number of hydrogen-bond acceptors (Lipinski definition) is 7. The van der Waals surface area contributed by atoms with Crippen LogP contribution in [0.15, 0.2) is 28.3 Å². The minimum absolute atomic E-state index is 0.146. The Bertz CT molecular complexity index is 1100. The van der Waals surface area contributed by atoms with Gasteiger partial charge >= 0.3 is 0 Å². The number of anilines is 2. The molecule has 0 radical (unpaired) electrons. The molecule has 2 aromatic rings. The lowest BCUT2D eigenvalue weighted by molar-refractivity contribution is -0.115. The highest BCUT2D eigenvalue weighted by molar-refractivity contribution is 8.00. The molecule has 1 atom stereocenters. The summed E-state index contributed by atoms with van der Waals surface area (Å²) in [7, 11) is -0.614. The van der Waals surface area contributed by atoms with Gasteiger partial charge in [-0.3, -0.25) is 9.36 Å². The van der Waals surface area contributed by atoms with Crippen LogP contribution in [0.1, 0.15) is 44.2 Å². The smallest absolute Gasteiger partial charge is 0.242 e. The molecule has 1 saturated carbocycles. The molecule has 4 rings (SSSR count). The second-order valence-corrected chi connectivity index (χ2v) is 12.1. The number of rotatable bonds is 8. The third kappa shape index (κ3) is 4.65. The van der Waals surface area contributed by atoms with Gasteiger partial charge in [0, 0.05) is 38.9 Å². The first kappa shape index (κ1) is 23.1. The fourth-order valence-corrected chi connectivity index (χ4v) is 5.53. The maximum atomic E-state index is 13.0. The number of carbonyl (C=O) groups excluding carboxylic acids is 1. The van der Waals surface area contributed by atoms with Crippen molar-refractivity contribution in [3.63, 3.8) is 0 Å². The lowest BCUT2D eigenvalue weighted by atomic mass is 10.2. The summed E-state index contributed by atoms with van der Waals surface area (Å²) >= 11 is 1.39. The minimum Gasteiger partial charge on any atom is -0.341 e. The van der Waals surface area contributed by atoms with Gasteiger partial charge in [0.1, 0.15) is 0 Å². The van der Waals surface area contributed by atoms with Crippen molar-refractivity contribution in [2.45, 2.75) is 60.9 Å². The Hall–Kier alpha value is -2.11. The van der Waals surface area contributed by atoms with Crippen molar-refractivity contribution in [1.82, 2.24) is 19.1 Å². The third-order valence-corrected chi connectivity index (χ3v) is 8.71. The number of hydrogen-bond donors (Lipinski definition) is 1. The fraction of sp³-hybridized carbons (Fsp3) is 0.571. The predicted octanol–water partition coefficient (Wildman–Crippen LogP) is 2.89. The summed E-state index contributed by atoms with van der Waals surface area (Å²) < 4.78 is 28.3. The number of aryl methyl sites for hydroxylation is 1. The van der Waals surface area contributed by atoms with Crippen LogP contribution in [0.25, 0.3) is 0 Å². The van der Waals surface area contributed by atoms with E-state index in [0.717, 1.165) is 46.9 Å². The number of benzene rings is 1. The van der Waals surface area contributed by atoms with Gasteiger partial charge in [-0.25, -0.2) is 12.7 Å². The maximum Gasteiger partial charge on any atom is 0.242 e. The SMILES string of the molecule is Cc1ccc(S(=O)(=O)N(C)C)cc1NC(=O)C(C)Sc1nnc(N2CCCC2)n1C1CC1. The third-order valence-electron chi connectivity index (χ3n) is 5.84. The fourth-order valence-electron chi connectivity index (χ4n) is 3.69. The van der Waals surface area contributed by atoms with Crippen LogP contribution in [0, 0.1) is 6.92 Å². The zero-order chi connectivity index (χ0) is 23.0. The molecule has 1 amide bonds. The van der Waals surface area contributed by atoms with Crippen molar-refractivity contribution >= 4 is 39.3 Å². The van der Waals surface area contributed by atoms with Crippen molar-refractivity contribution < 1.29 is 13.2 Å². The largest absolute Gasteiger partial charge is 0.341 e. The summed E-state index contributed by atoms with van der Waals surface area (Å²) in [5.41, 5.74) is 1.29. The van der Waals surface area contributed by atoms with Gasteiger partial charge in [0.05, 0.1) is 10.1 Å². The van der Waals surface area contributed by atoms with Gasteiger partial charge < -0.3 is 10.2 Å². The molecule has 1 saturated heterocycles. The summed E-state index contributed by atoms with van der Waals surface area (Å²) in [4.78, 5) is 15.4. The van der Waals surface area contributed by atoms with E-state index < -0.39 is 15.3 Å². The lowest BCUT2D eigenvalue weighted by Crippen LogP contribution is -2.25. The molecule has 0 spiro atoms. The van der Waals surface area contributed by atoms with E-state index >= 15 is 0 Å². The van der Waals surface area contributed by atoms with Gasteiger partial charge in [-0.05, 0) is 57.2 Å². The quantitative estimate of drug-likeness (QED) is 0.582. The summed E-state index contributed by atoms with van der Waals surface area (Å²) in [5, 5.41) is 12.1. The van der Waals surface area contributed by atoms with Crippen LogP contribution >= 0.6 is 11.8 Å². The van der Waals surface area contributed by atoms with Crippen LogP contribution in [0.3, 0.4) is 0 Å². The van der Waals surface area contributed by atoms with Gasteiger partial charge in [-0.15, -0.1) is 10.2 Å². The van der Waals surface area contributed by atoms with Crippen LogP contribution in [0.5, 0.6) is 0 Å². The van der Waals surface area contributed by atoms with E-state index in [0.29, 0.717) is 11.7 Å². The zero-order valence-corrected chi connectivity index (χ0v) is 20.5. The topological polar surface area (TPSA) is 100 Å². The molecule has 0 bridgehead atoms. The molecule has 1 aliphatic carbocycles. The Morgan fingerprint density at radius 3 is 2.53 bits per heavy atom. The summed E-state index contributed by atoms with van der Waals surface area (Å²) in [6, 6.07) is 5.18. The van der Waals surface area contributed by atoms with E-state index in [4.69, 9.17) is 0 Å². The molecule has 32 heavy (non-hydrogen) atoms. The molecule has 1 unspecified atom stereocenters. The number of amides is 1. The van der Waals surface area contributed by atoms with Crippen molar-refractivity contribution in [2.75, 3.05) is 37.4 Å². The Kier molecular flexibility index (Phi) is 6.51. The predicted molar refractivity (Wildman–Crippen MR) is 126 cm³/mol. The van der Waals surface area contributed by atoms with E-state index in [1.807, 2.05) is 13.8 Å². The highest BCUT2D eigenvalue weighted by atomic mass is 32.2.